The largest absolute Gasteiger partial charge is 0.390 e. The standard InChI is InChI=1S/C16H16ClN3O/c17-14-3-1-13(2-4-14)16-9-15(21-20-16)11-19-10-12-5-7-18-8-6-12/h1-8,15,19H,9-11H2. The fraction of sp³-hybridized carbons (Fsp3) is 0.250. The Labute approximate surface area is 128 Å². The Hall–Kier alpha value is -1.91. The summed E-state index contributed by atoms with van der Waals surface area (Å²) in [6, 6.07) is 11.7. The van der Waals surface area contributed by atoms with Gasteiger partial charge in [0.05, 0.1) is 5.71 Å². The second-order valence-electron chi connectivity index (χ2n) is 4.96. The molecule has 0 fully saturated rings. The third-order valence-electron chi connectivity index (χ3n) is 3.36. The van der Waals surface area contributed by atoms with Crippen LogP contribution in [0.5, 0.6) is 0 Å². The van der Waals surface area contributed by atoms with Crippen LogP contribution < -0.4 is 5.32 Å². The van der Waals surface area contributed by atoms with Gasteiger partial charge in [-0.25, -0.2) is 0 Å². The first-order valence-corrected chi connectivity index (χ1v) is 7.27. The Bertz CT molecular complexity index is 613. The van der Waals surface area contributed by atoms with Gasteiger partial charge in [-0.3, -0.25) is 4.98 Å². The number of nitrogens with zero attached hydrogens (tertiary/aromatic N) is 2. The third kappa shape index (κ3) is 3.80. The van der Waals surface area contributed by atoms with Gasteiger partial charge in [0, 0.05) is 36.9 Å². The van der Waals surface area contributed by atoms with Crippen LogP contribution in [0.2, 0.25) is 5.02 Å². The molecule has 1 aliphatic heterocycles. The predicted octanol–water partition coefficient (Wildman–Crippen LogP) is 3.02. The minimum Gasteiger partial charge on any atom is -0.390 e. The van der Waals surface area contributed by atoms with Crippen LogP contribution in [0.1, 0.15) is 17.5 Å². The Morgan fingerprint density at radius 1 is 1.14 bits per heavy atom. The summed E-state index contributed by atoms with van der Waals surface area (Å²) >= 11 is 5.89. The summed E-state index contributed by atoms with van der Waals surface area (Å²) in [4.78, 5) is 9.47. The fourth-order valence-corrected chi connectivity index (χ4v) is 2.35. The molecule has 21 heavy (non-hydrogen) atoms. The Balaban J connectivity index is 1.47. The smallest absolute Gasteiger partial charge is 0.145 e. The van der Waals surface area contributed by atoms with Crippen molar-refractivity contribution in [2.75, 3.05) is 6.54 Å². The van der Waals surface area contributed by atoms with Gasteiger partial charge in [-0.15, -0.1) is 0 Å². The van der Waals surface area contributed by atoms with Crippen molar-refractivity contribution in [3.63, 3.8) is 0 Å². The monoisotopic (exact) mass is 301 g/mol. The molecule has 4 nitrogen and oxygen atoms in total. The topological polar surface area (TPSA) is 46.5 Å². The molecule has 1 atom stereocenters. The van der Waals surface area contributed by atoms with Gasteiger partial charge >= 0.3 is 0 Å². The number of pyridine rings is 1. The second kappa shape index (κ2) is 6.70. The van der Waals surface area contributed by atoms with Gasteiger partial charge in [0.25, 0.3) is 0 Å². The van der Waals surface area contributed by atoms with Crippen molar-refractivity contribution in [1.29, 1.82) is 0 Å². The van der Waals surface area contributed by atoms with Crippen molar-refractivity contribution in [2.45, 2.75) is 19.1 Å². The van der Waals surface area contributed by atoms with E-state index >= 15 is 0 Å². The molecule has 2 aromatic rings. The molecule has 0 aliphatic carbocycles. The molecule has 5 heteroatoms. The third-order valence-corrected chi connectivity index (χ3v) is 3.61. The van der Waals surface area contributed by atoms with E-state index in [1.54, 1.807) is 12.4 Å². The number of rotatable bonds is 5. The van der Waals surface area contributed by atoms with Crippen LogP contribution in [0.4, 0.5) is 0 Å². The highest BCUT2D eigenvalue weighted by molar-refractivity contribution is 6.30. The lowest BCUT2D eigenvalue weighted by Crippen LogP contribution is -2.26. The molecule has 0 spiro atoms. The van der Waals surface area contributed by atoms with Gasteiger partial charge in [0.1, 0.15) is 6.10 Å². The van der Waals surface area contributed by atoms with Crippen LogP contribution in [0.15, 0.2) is 53.9 Å². The number of aromatic nitrogens is 1. The molecule has 2 heterocycles. The van der Waals surface area contributed by atoms with E-state index < -0.39 is 0 Å². The Morgan fingerprint density at radius 2 is 1.90 bits per heavy atom. The summed E-state index contributed by atoms with van der Waals surface area (Å²) in [5, 5.41) is 8.27. The lowest BCUT2D eigenvalue weighted by molar-refractivity contribution is 0.0848. The van der Waals surface area contributed by atoms with E-state index in [9.17, 15) is 0 Å². The summed E-state index contributed by atoms with van der Waals surface area (Å²) < 4.78 is 0. The van der Waals surface area contributed by atoms with Crippen molar-refractivity contribution >= 4 is 17.3 Å². The number of benzene rings is 1. The quantitative estimate of drug-likeness (QED) is 0.923. The van der Waals surface area contributed by atoms with Crippen LogP contribution in [0.25, 0.3) is 0 Å². The maximum Gasteiger partial charge on any atom is 0.145 e. The maximum atomic E-state index is 5.89. The molecule has 0 radical (unpaired) electrons. The summed E-state index contributed by atoms with van der Waals surface area (Å²) in [6.45, 7) is 1.57. The number of nitrogens with one attached hydrogen (secondary N) is 1. The zero-order valence-electron chi connectivity index (χ0n) is 11.5. The summed E-state index contributed by atoms with van der Waals surface area (Å²) in [5.74, 6) is 0. The number of hydrogen-bond donors (Lipinski definition) is 1. The summed E-state index contributed by atoms with van der Waals surface area (Å²) in [6.07, 6.45) is 4.48. The van der Waals surface area contributed by atoms with Crippen molar-refractivity contribution in [1.82, 2.24) is 10.3 Å². The SMILES string of the molecule is Clc1ccc(C2=NOC(CNCc3ccncc3)C2)cc1. The predicted molar refractivity (Wildman–Crippen MR) is 83.4 cm³/mol. The van der Waals surface area contributed by atoms with Crippen molar-refractivity contribution < 1.29 is 4.84 Å². The van der Waals surface area contributed by atoms with Crippen LogP contribution in [0, 0.1) is 0 Å². The lowest BCUT2D eigenvalue weighted by Gasteiger charge is -2.09. The normalized spacial score (nSPS) is 17.4. The average molecular weight is 302 g/mol. The molecule has 1 aromatic heterocycles. The number of hydrogen-bond acceptors (Lipinski definition) is 4. The Morgan fingerprint density at radius 3 is 2.67 bits per heavy atom. The molecular weight excluding hydrogens is 286 g/mol. The van der Waals surface area contributed by atoms with E-state index in [0.717, 1.165) is 35.8 Å². The number of halogens is 1. The molecule has 1 unspecified atom stereocenters. The molecule has 1 aromatic carbocycles. The molecule has 0 saturated heterocycles. The maximum absolute atomic E-state index is 5.89. The van der Waals surface area contributed by atoms with Crippen molar-refractivity contribution in [3.05, 3.63) is 64.9 Å². The van der Waals surface area contributed by atoms with Crippen LogP contribution in [-0.4, -0.2) is 23.3 Å². The molecule has 1 aliphatic rings. The molecule has 0 amide bonds. The van der Waals surface area contributed by atoms with Gasteiger partial charge in [-0.2, -0.15) is 0 Å². The highest BCUT2D eigenvalue weighted by Gasteiger charge is 2.21. The lowest BCUT2D eigenvalue weighted by atomic mass is 10.1. The van der Waals surface area contributed by atoms with Crippen LogP contribution in [-0.2, 0) is 11.4 Å². The summed E-state index contributed by atoms with van der Waals surface area (Å²) in [5.41, 5.74) is 3.25. The van der Waals surface area contributed by atoms with Gasteiger partial charge in [-0.05, 0) is 35.4 Å². The molecule has 108 valence electrons. The van der Waals surface area contributed by atoms with Crippen molar-refractivity contribution in [3.8, 4) is 0 Å². The van der Waals surface area contributed by atoms with E-state index in [1.165, 1.54) is 5.56 Å². The summed E-state index contributed by atoms with van der Waals surface area (Å²) in [7, 11) is 0. The zero-order chi connectivity index (χ0) is 14.5. The number of oxime groups is 1. The van der Waals surface area contributed by atoms with Crippen LogP contribution >= 0.6 is 11.6 Å². The van der Waals surface area contributed by atoms with Crippen LogP contribution in [0.3, 0.4) is 0 Å². The molecule has 3 rings (SSSR count). The van der Waals surface area contributed by atoms with E-state index in [2.05, 4.69) is 15.5 Å². The van der Waals surface area contributed by atoms with E-state index in [1.807, 2.05) is 36.4 Å². The second-order valence-corrected chi connectivity index (χ2v) is 5.40. The average Bonchev–Trinajstić information content (AvgIpc) is 2.98. The minimum absolute atomic E-state index is 0.0810. The first-order chi connectivity index (χ1) is 10.3. The van der Waals surface area contributed by atoms with Gasteiger partial charge in [0.2, 0.25) is 0 Å². The Kier molecular flexibility index (Phi) is 4.48. The van der Waals surface area contributed by atoms with E-state index in [-0.39, 0.29) is 6.10 Å². The van der Waals surface area contributed by atoms with Gasteiger partial charge in [-0.1, -0.05) is 28.9 Å². The first-order valence-electron chi connectivity index (χ1n) is 6.89. The minimum atomic E-state index is 0.0810. The molecule has 1 N–H and O–H groups in total. The van der Waals surface area contributed by atoms with E-state index in [0.29, 0.717) is 0 Å². The fourth-order valence-electron chi connectivity index (χ4n) is 2.23. The molecular formula is C16H16ClN3O. The highest BCUT2D eigenvalue weighted by Crippen LogP contribution is 2.18. The molecule has 0 saturated carbocycles. The molecule has 0 bridgehead atoms. The first kappa shape index (κ1) is 14.0. The zero-order valence-corrected chi connectivity index (χ0v) is 12.3. The van der Waals surface area contributed by atoms with Gasteiger partial charge in [0.15, 0.2) is 0 Å². The van der Waals surface area contributed by atoms with Crippen molar-refractivity contribution in [2.24, 2.45) is 5.16 Å². The van der Waals surface area contributed by atoms with E-state index in [4.69, 9.17) is 16.4 Å². The highest BCUT2D eigenvalue weighted by atomic mass is 35.5. The van der Waals surface area contributed by atoms with Gasteiger partial charge < -0.3 is 10.2 Å².